The molecule has 0 radical (unpaired) electrons. The number of aryl methyl sites for hydroxylation is 1. The molecule has 1 atom stereocenters. The monoisotopic (exact) mass is 354 g/mol. The summed E-state index contributed by atoms with van der Waals surface area (Å²) in [4.78, 5) is 27.3. The molecule has 0 aliphatic rings. The number of hydrogen-bond donors (Lipinski definition) is 2. The molecular weight excluding hydrogens is 335 g/mol. The first-order chi connectivity index (χ1) is 12.5. The first kappa shape index (κ1) is 17.7. The van der Waals surface area contributed by atoms with Gasteiger partial charge in [0.25, 0.3) is 5.91 Å². The van der Waals surface area contributed by atoms with Gasteiger partial charge in [0.2, 0.25) is 0 Å². The minimum Gasteiger partial charge on any atom is -0.469 e. The Morgan fingerprint density at radius 3 is 2.58 bits per heavy atom. The number of esters is 1. The summed E-state index contributed by atoms with van der Waals surface area (Å²) in [5.41, 5.74) is 2.84. The number of nitrogens with one attached hydrogen (secondary N) is 2. The molecule has 3 aromatic rings. The van der Waals surface area contributed by atoms with E-state index >= 15 is 0 Å². The second kappa shape index (κ2) is 7.39. The molecule has 5 nitrogen and oxygen atoms in total. The van der Waals surface area contributed by atoms with Crippen molar-refractivity contribution >= 4 is 22.8 Å². The molecule has 6 heteroatoms. The summed E-state index contributed by atoms with van der Waals surface area (Å²) in [5.74, 6) is -1.17. The summed E-state index contributed by atoms with van der Waals surface area (Å²) < 4.78 is 18.1. The molecule has 0 aliphatic heterocycles. The van der Waals surface area contributed by atoms with Crippen molar-refractivity contribution in [1.82, 2.24) is 10.3 Å². The zero-order chi connectivity index (χ0) is 18.7. The Kier molecular flexibility index (Phi) is 5.02. The maximum Gasteiger partial charge on any atom is 0.307 e. The van der Waals surface area contributed by atoms with Crippen LogP contribution in [-0.2, 0) is 9.53 Å². The average molecular weight is 354 g/mol. The lowest BCUT2D eigenvalue weighted by Gasteiger charge is -2.18. The van der Waals surface area contributed by atoms with Crippen LogP contribution in [0.1, 0.15) is 34.1 Å². The van der Waals surface area contributed by atoms with Crippen LogP contribution in [0.3, 0.4) is 0 Å². The summed E-state index contributed by atoms with van der Waals surface area (Å²) in [6, 6.07) is 12.9. The first-order valence-corrected chi connectivity index (χ1v) is 8.19. The average Bonchev–Trinajstić information content (AvgIpc) is 3.05. The fourth-order valence-electron chi connectivity index (χ4n) is 2.76. The highest BCUT2D eigenvalue weighted by Crippen LogP contribution is 2.21. The Balaban J connectivity index is 1.85. The number of amides is 1. The van der Waals surface area contributed by atoms with Gasteiger partial charge in [-0.25, -0.2) is 4.39 Å². The number of benzene rings is 2. The van der Waals surface area contributed by atoms with E-state index in [4.69, 9.17) is 4.74 Å². The normalized spacial score (nSPS) is 12.0. The van der Waals surface area contributed by atoms with Gasteiger partial charge in [0.05, 0.1) is 19.6 Å². The van der Waals surface area contributed by atoms with E-state index in [1.54, 1.807) is 12.1 Å². The number of aromatic nitrogens is 1. The maximum absolute atomic E-state index is 13.3. The van der Waals surface area contributed by atoms with Gasteiger partial charge in [-0.1, -0.05) is 29.8 Å². The number of H-pyrrole nitrogens is 1. The molecule has 0 spiro atoms. The zero-order valence-electron chi connectivity index (χ0n) is 14.5. The van der Waals surface area contributed by atoms with E-state index in [9.17, 15) is 14.0 Å². The standard InChI is InChI=1S/C20H19FN2O3/c1-12-3-5-13(6-4-12)17(11-19(24)26-2)23-20(25)18-10-14-9-15(21)7-8-16(14)22-18/h3-10,17,22H,11H2,1-2H3,(H,23,25)/t17-/m0/s1. The van der Waals surface area contributed by atoms with Gasteiger partial charge in [0.1, 0.15) is 11.5 Å². The molecule has 26 heavy (non-hydrogen) atoms. The van der Waals surface area contributed by atoms with Crippen LogP contribution in [0.2, 0.25) is 0 Å². The molecule has 0 saturated heterocycles. The lowest BCUT2D eigenvalue weighted by Crippen LogP contribution is -2.30. The van der Waals surface area contributed by atoms with E-state index in [-0.39, 0.29) is 18.1 Å². The van der Waals surface area contributed by atoms with Gasteiger partial charge >= 0.3 is 5.97 Å². The van der Waals surface area contributed by atoms with Crippen molar-refractivity contribution < 1.29 is 18.7 Å². The summed E-state index contributed by atoms with van der Waals surface area (Å²) >= 11 is 0. The molecule has 134 valence electrons. The van der Waals surface area contributed by atoms with Crippen LogP contribution in [0.4, 0.5) is 4.39 Å². The molecule has 3 rings (SSSR count). The zero-order valence-corrected chi connectivity index (χ0v) is 14.5. The number of carbonyl (C=O) groups excluding carboxylic acids is 2. The number of rotatable bonds is 5. The number of halogens is 1. The second-order valence-electron chi connectivity index (χ2n) is 6.13. The van der Waals surface area contributed by atoms with Gasteiger partial charge in [0, 0.05) is 10.9 Å². The van der Waals surface area contributed by atoms with Crippen LogP contribution in [0, 0.1) is 12.7 Å². The molecule has 0 bridgehead atoms. The predicted molar refractivity (Wildman–Crippen MR) is 96.3 cm³/mol. The molecule has 0 aliphatic carbocycles. The Hall–Kier alpha value is -3.15. The highest BCUT2D eigenvalue weighted by Gasteiger charge is 2.20. The van der Waals surface area contributed by atoms with E-state index in [2.05, 4.69) is 10.3 Å². The molecular formula is C20H19FN2O3. The van der Waals surface area contributed by atoms with Crippen molar-refractivity contribution in [3.8, 4) is 0 Å². The number of fused-ring (bicyclic) bond motifs is 1. The van der Waals surface area contributed by atoms with Crippen molar-refractivity contribution in [2.24, 2.45) is 0 Å². The number of ether oxygens (including phenoxy) is 1. The van der Waals surface area contributed by atoms with Gasteiger partial charge in [-0.2, -0.15) is 0 Å². The molecule has 0 fully saturated rings. The Bertz CT molecular complexity index is 947. The topological polar surface area (TPSA) is 71.2 Å². The van der Waals surface area contributed by atoms with Crippen LogP contribution in [-0.4, -0.2) is 24.0 Å². The fourth-order valence-corrected chi connectivity index (χ4v) is 2.76. The second-order valence-corrected chi connectivity index (χ2v) is 6.13. The summed E-state index contributed by atoms with van der Waals surface area (Å²) in [5, 5.41) is 3.45. The molecule has 2 N–H and O–H groups in total. The van der Waals surface area contributed by atoms with Gasteiger partial charge in [-0.05, 0) is 36.8 Å². The van der Waals surface area contributed by atoms with Gasteiger partial charge in [-0.3, -0.25) is 9.59 Å². The molecule has 0 unspecified atom stereocenters. The van der Waals surface area contributed by atoms with E-state index in [1.165, 1.54) is 19.2 Å². The summed E-state index contributed by atoms with van der Waals surface area (Å²) in [6.45, 7) is 1.96. The fraction of sp³-hybridized carbons (Fsp3) is 0.200. The molecule has 0 saturated carbocycles. The predicted octanol–water partition coefficient (Wildman–Crippen LogP) is 3.65. The third-order valence-corrected chi connectivity index (χ3v) is 4.21. The van der Waals surface area contributed by atoms with Gasteiger partial charge in [0.15, 0.2) is 0 Å². The third-order valence-electron chi connectivity index (χ3n) is 4.21. The van der Waals surface area contributed by atoms with E-state index in [1.807, 2.05) is 31.2 Å². The molecule has 1 amide bonds. The number of hydrogen-bond acceptors (Lipinski definition) is 3. The quantitative estimate of drug-likeness (QED) is 0.687. The highest BCUT2D eigenvalue weighted by atomic mass is 19.1. The Morgan fingerprint density at radius 1 is 1.15 bits per heavy atom. The molecule has 2 aromatic carbocycles. The Morgan fingerprint density at radius 2 is 1.88 bits per heavy atom. The van der Waals surface area contributed by atoms with Crippen LogP contribution in [0.25, 0.3) is 10.9 Å². The van der Waals surface area contributed by atoms with E-state index < -0.39 is 12.0 Å². The number of methoxy groups -OCH3 is 1. The molecule has 1 aromatic heterocycles. The van der Waals surface area contributed by atoms with E-state index in [0.717, 1.165) is 11.1 Å². The summed E-state index contributed by atoms with van der Waals surface area (Å²) in [7, 11) is 1.31. The number of carbonyl (C=O) groups is 2. The van der Waals surface area contributed by atoms with Crippen molar-refractivity contribution in [3.63, 3.8) is 0 Å². The van der Waals surface area contributed by atoms with Crippen molar-refractivity contribution in [1.29, 1.82) is 0 Å². The third kappa shape index (κ3) is 3.91. The van der Waals surface area contributed by atoms with Crippen LogP contribution < -0.4 is 5.32 Å². The lowest BCUT2D eigenvalue weighted by atomic mass is 10.0. The van der Waals surface area contributed by atoms with Crippen molar-refractivity contribution in [2.75, 3.05) is 7.11 Å². The molecule has 1 heterocycles. The smallest absolute Gasteiger partial charge is 0.307 e. The van der Waals surface area contributed by atoms with Crippen LogP contribution in [0.5, 0.6) is 0 Å². The number of aromatic amines is 1. The lowest BCUT2D eigenvalue weighted by molar-refractivity contribution is -0.141. The Labute approximate surface area is 150 Å². The van der Waals surface area contributed by atoms with Gasteiger partial charge < -0.3 is 15.0 Å². The highest BCUT2D eigenvalue weighted by molar-refractivity contribution is 5.98. The minimum atomic E-state index is -0.529. The van der Waals surface area contributed by atoms with E-state index in [0.29, 0.717) is 16.6 Å². The van der Waals surface area contributed by atoms with Crippen LogP contribution >= 0.6 is 0 Å². The van der Waals surface area contributed by atoms with Gasteiger partial charge in [-0.15, -0.1) is 0 Å². The van der Waals surface area contributed by atoms with Crippen molar-refractivity contribution in [3.05, 3.63) is 71.2 Å². The largest absolute Gasteiger partial charge is 0.469 e. The summed E-state index contributed by atoms with van der Waals surface area (Å²) in [6.07, 6.45) is 0.0140. The van der Waals surface area contributed by atoms with Crippen molar-refractivity contribution in [2.45, 2.75) is 19.4 Å². The maximum atomic E-state index is 13.3. The SMILES string of the molecule is COC(=O)C[C@H](NC(=O)c1cc2cc(F)ccc2[nH]1)c1ccc(C)cc1. The van der Waals surface area contributed by atoms with Crippen LogP contribution in [0.15, 0.2) is 48.5 Å². The minimum absolute atomic E-state index is 0.0140. The first-order valence-electron chi connectivity index (χ1n) is 8.19.